The van der Waals surface area contributed by atoms with Crippen LogP contribution >= 0.6 is 0 Å². The van der Waals surface area contributed by atoms with E-state index >= 15 is 0 Å². The number of carbonyl (C=O) groups is 1. The third-order valence-electron chi connectivity index (χ3n) is 5.38. The molecule has 1 aromatic heterocycles. The van der Waals surface area contributed by atoms with E-state index in [0.29, 0.717) is 17.2 Å². The molecule has 2 aromatic rings. The molecule has 0 spiro atoms. The first-order valence-corrected chi connectivity index (χ1v) is 8.77. The fourth-order valence-electron chi connectivity index (χ4n) is 4.18. The van der Waals surface area contributed by atoms with Crippen molar-refractivity contribution in [2.45, 2.75) is 25.3 Å². The molecule has 3 aliphatic heterocycles. The average Bonchev–Trinajstić information content (AvgIpc) is 2.68. The summed E-state index contributed by atoms with van der Waals surface area (Å²) in [6, 6.07) is 11.3. The number of aliphatic carboxylic acids is 1. The van der Waals surface area contributed by atoms with Gasteiger partial charge < -0.3 is 5.11 Å². The van der Waals surface area contributed by atoms with Crippen molar-refractivity contribution in [3.63, 3.8) is 0 Å². The maximum absolute atomic E-state index is 12.2. The third-order valence-corrected chi connectivity index (χ3v) is 5.38. The molecular formula is C20H21N3O2. The molecule has 5 rings (SSSR count). The Morgan fingerprint density at radius 3 is 2.44 bits per heavy atom. The molecule has 0 saturated carbocycles. The summed E-state index contributed by atoms with van der Waals surface area (Å²) >= 11 is 0. The number of carboxylic acids is 1. The van der Waals surface area contributed by atoms with Gasteiger partial charge in [-0.2, -0.15) is 0 Å². The smallest absolute Gasteiger partial charge is 0.336 e. The van der Waals surface area contributed by atoms with E-state index in [4.69, 9.17) is 0 Å². The van der Waals surface area contributed by atoms with E-state index in [0.717, 1.165) is 30.6 Å². The minimum atomic E-state index is -0.901. The molecule has 128 valence electrons. The predicted molar refractivity (Wildman–Crippen MR) is 95.6 cm³/mol. The van der Waals surface area contributed by atoms with Gasteiger partial charge in [0.2, 0.25) is 0 Å². The second-order valence-corrected chi connectivity index (χ2v) is 6.79. The van der Waals surface area contributed by atoms with Crippen LogP contribution in [0.4, 0.5) is 0 Å². The first kappa shape index (κ1) is 16.0. The number of hydrogen-bond acceptors (Lipinski definition) is 4. The van der Waals surface area contributed by atoms with Crippen LogP contribution in [0.5, 0.6) is 0 Å². The maximum Gasteiger partial charge on any atom is 0.336 e. The Labute approximate surface area is 147 Å². The lowest BCUT2D eigenvalue weighted by Crippen LogP contribution is -2.49. The first-order chi connectivity index (χ1) is 12.2. The zero-order valence-corrected chi connectivity index (χ0v) is 14.0. The summed E-state index contributed by atoms with van der Waals surface area (Å²) in [5, 5.41) is 10.0. The highest BCUT2D eigenvalue weighted by Crippen LogP contribution is 2.40. The van der Waals surface area contributed by atoms with E-state index in [1.54, 1.807) is 6.20 Å². The zero-order chi connectivity index (χ0) is 17.2. The molecule has 2 bridgehead atoms. The van der Waals surface area contributed by atoms with Crippen LogP contribution in [0.2, 0.25) is 0 Å². The molecule has 1 aromatic carbocycles. The Morgan fingerprint density at radius 2 is 1.88 bits per heavy atom. The van der Waals surface area contributed by atoms with Gasteiger partial charge in [-0.25, -0.2) is 14.8 Å². The van der Waals surface area contributed by atoms with Crippen LogP contribution in [-0.4, -0.2) is 45.1 Å². The Bertz CT molecular complexity index is 781. The number of hydrogen-bond donors (Lipinski definition) is 1. The third kappa shape index (κ3) is 3.07. The van der Waals surface area contributed by atoms with Gasteiger partial charge in [0.25, 0.3) is 0 Å². The van der Waals surface area contributed by atoms with Gasteiger partial charge in [0.15, 0.2) is 0 Å². The predicted octanol–water partition coefficient (Wildman–Crippen LogP) is 2.96. The molecule has 5 nitrogen and oxygen atoms in total. The molecule has 1 unspecified atom stereocenters. The van der Waals surface area contributed by atoms with E-state index in [2.05, 4.69) is 14.9 Å². The lowest BCUT2D eigenvalue weighted by Gasteiger charge is -2.46. The lowest BCUT2D eigenvalue weighted by atomic mass is 9.78. The number of carboxylic acid groups (broad SMARTS) is 1. The molecule has 3 saturated heterocycles. The molecule has 3 aliphatic rings. The van der Waals surface area contributed by atoms with E-state index in [1.165, 1.54) is 19.2 Å². The molecule has 4 heterocycles. The Hall–Kier alpha value is -2.53. The molecule has 25 heavy (non-hydrogen) atoms. The van der Waals surface area contributed by atoms with Crippen molar-refractivity contribution in [3.05, 3.63) is 60.2 Å². The van der Waals surface area contributed by atoms with E-state index in [-0.39, 0.29) is 6.04 Å². The molecule has 0 radical (unpaired) electrons. The SMILES string of the molecule is O=C(O)C(=C(c1ccncn1)C1CC2CCN1CC2)c1ccccc1. The summed E-state index contributed by atoms with van der Waals surface area (Å²) in [6.45, 7) is 2.07. The Morgan fingerprint density at radius 1 is 1.12 bits per heavy atom. The van der Waals surface area contributed by atoms with Crippen LogP contribution in [0.25, 0.3) is 11.1 Å². The molecule has 1 N–H and O–H groups in total. The summed E-state index contributed by atoms with van der Waals surface area (Å²) in [5.74, 6) is -0.222. The van der Waals surface area contributed by atoms with Gasteiger partial charge in [-0.15, -0.1) is 0 Å². The number of fused-ring (bicyclic) bond motifs is 3. The van der Waals surface area contributed by atoms with Crippen molar-refractivity contribution in [3.8, 4) is 0 Å². The van der Waals surface area contributed by atoms with Gasteiger partial charge in [0.1, 0.15) is 6.33 Å². The quantitative estimate of drug-likeness (QED) is 0.870. The van der Waals surface area contributed by atoms with Crippen LogP contribution in [0.1, 0.15) is 30.5 Å². The second-order valence-electron chi connectivity index (χ2n) is 6.79. The number of nitrogens with zero attached hydrogens (tertiary/aromatic N) is 3. The first-order valence-electron chi connectivity index (χ1n) is 8.77. The molecule has 1 atom stereocenters. The summed E-state index contributed by atoms with van der Waals surface area (Å²) < 4.78 is 0. The summed E-state index contributed by atoms with van der Waals surface area (Å²) in [4.78, 5) is 23.1. The minimum Gasteiger partial charge on any atom is -0.478 e. The van der Waals surface area contributed by atoms with Crippen LogP contribution in [0, 0.1) is 5.92 Å². The van der Waals surface area contributed by atoms with Gasteiger partial charge in [-0.1, -0.05) is 30.3 Å². The fourth-order valence-corrected chi connectivity index (χ4v) is 4.18. The highest BCUT2D eigenvalue weighted by atomic mass is 16.4. The van der Waals surface area contributed by atoms with Crippen LogP contribution in [0.3, 0.4) is 0 Å². The van der Waals surface area contributed by atoms with Gasteiger partial charge in [-0.05, 0) is 49.9 Å². The minimum absolute atomic E-state index is 0.105. The maximum atomic E-state index is 12.2. The number of rotatable bonds is 4. The summed E-state index contributed by atoms with van der Waals surface area (Å²) in [7, 11) is 0. The van der Waals surface area contributed by atoms with Crippen LogP contribution < -0.4 is 0 Å². The average molecular weight is 335 g/mol. The molecule has 5 heteroatoms. The lowest BCUT2D eigenvalue weighted by molar-refractivity contribution is -0.130. The zero-order valence-electron chi connectivity index (χ0n) is 14.0. The standard InChI is InChI=1S/C20H21N3O2/c24-20(25)18(15-4-2-1-3-5-15)19(16-6-9-21-13-22-16)17-12-14-7-10-23(17)11-8-14/h1-6,9,13-14,17H,7-8,10-12H2,(H,24,25). The van der Waals surface area contributed by atoms with Crippen molar-refractivity contribution in [2.24, 2.45) is 5.92 Å². The van der Waals surface area contributed by atoms with Crippen molar-refractivity contribution < 1.29 is 9.90 Å². The van der Waals surface area contributed by atoms with Crippen LogP contribution in [0.15, 0.2) is 48.9 Å². The largest absolute Gasteiger partial charge is 0.478 e. The van der Waals surface area contributed by atoms with Gasteiger partial charge in [0.05, 0.1) is 11.3 Å². The number of aromatic nitrogens is 2. The van der Waals surface area contributed by atoms with Gasteiger partial charge in [0, 0.05) is 17.8 Å². The highest BCUT2D eigenvalue weighted by molar-refractivity contribution is 6.24. The van der Waals surface area contributed by atoms with Crippen molar-refractivity contribution in [1.82, 2.24) is 14.9 Å². The normalized spacial score (nSPS) is 26.2. The van der Waals surface area contributed by atoms with Gasteiger partial charge in [-0.3, -0.25) is 4.90 Å². The monoisotopic (exact) mass is 335 g/mol. The van der Waals surface area contributed by atoms with Gasteiger partial charge >= 0.3 is 5.97 Å². The van der Waals surface area contributed by atoms with Crippen molar-refractivity contribution >= 4 is 17.1 Å². The second kappa shape index (κ2) is 6.76. The molecule has 0 aliphatic carbocycles. The van der Waals surface area contributed by atoms with E-state index in [1.807, 2.05) is 36.4 Å². The summed E-state index contributed by atoms with van der Waals surface area (Å²) in [6.07, 6.45) is 6.60. The molecule has 3 fully saturated rings. The highest BCUT2D eigenvalue weighted by Gasteiger charge is 2.38. The van der Waals surface area contributed by atoms with E-state index in [9.17, 15) is 9.90 Å². The summed E-state index contributed by atoms with van der Waals surface area (Å²) in [5.41, 5.74) is 2.63. The number of benzene rings is 1. The molecule has 0 amide bonds. The van der Waals surface area contributed by atoms with E-state index < -0.39 is 5.97 Å². The fraction of sp³-hybridized carbons (Fsp3) is 0.350. The van der Waals surface area contributed by atoms with Crippen LogP contribution in [-0.2, 0) is 4.79 Å². The van der Waals surface area contributed by atoms with Crippen molar-refractivity contribution in [2.75, 3.05) is 13.1 Å². The number of piperidine rings is 3. The van der Waals surface area contributed by atoms with Crippen molar-refractivity contribution in [1.29, 1.82) is 0 Å². The topological polar surface area (TPSA) is 66.3 Å². The molecular weight excluding hydrogens is 314 g/mol. The Balaban J connectivity index is 1.91. The Kier molecular flexibility index (Phi) is 4.32.